The summed E-state index contributed by atoms with van der Waals surface area (Å²) in [7, 11) is 3.11. The zero-order valence-electron chi connectivity index (χ0n) is 7.84. The smallest absolute Gasteiger partial charge is 0.258 e. The van der Waals surface area contributed by atoms with Crippen molar-refractivity contribution in [3.63, 3.8) is 0 Å². The molecule has 0 aromatic heterocycles. The van der Waals surface area contributed by atoms with Gasteiger partial charge in [0.05, 0.1) is 5.56 Å². The molecule has 0 atom stereocenters. The Labute approximate surface area is 95.2 Å². The Morgan fingerprint density at radius 1 is 1.50 bits per heavy atom. The van der Waals surface area contributed by atoms with Crippen molar-refractivity contribution < 1.29 is 9.18 Å². The van der Waals surface area contributed by atoms with E-state index in [0.29, 0.717) is 3.57 Å². The Morgan fingerprint density at radius 2 is 2.07 bits per heavy atom. The first-order valence-electron chi connectivity index (χ1n) is 3.90. The van der Waals surface area contributed by atoms with Crippen molar-refractivity contribution in [3.05, 3.63) is 27.1 Å². The van der Waals surface area contributed by atoms with Crippen LogP contribution in [0.3, 0.4) is 0 Å². The standard InChI is InChI=1S/C9H10FIN2O/c1-13(2)9(14)7-6(12)4-3-5(11)8(7)10/h3-4H,12H2,1-2H3. The summed E-state index contributed by atoms with van der Waals surface area (Å²) in [6, 6.07) is 3.07. The molecule has 0 unspecified atom stereocenters. The maximum Gasteiger partial charge on any atom is 0.258 e. The molecule has 0 fully saturated rings. The van der Waals surface area contributed by atoms with Gasteiger partial charge in [0, 0.05) is 23.4 Å². The van der Waals surface area contributed by atoms with E-state index in [9.17, 15) is 9.18 Å². The zero-order chi connectivity index (χ0) is 10.9. The van der Waals surface area contributed by atoms with Crippen molar-refractivity contribution in [3.8, 4) is 0 Å². The van der Waals surface area contributed by atoms with Gasteiger partial charge in [0.15, 0.2) is 5.82 Å². The number of hydrogen-bond donors (Lipinski definition) is 1. The largest absolute Gasteiger partial charge is 0.398 e. The van der Waals surface area contributed by atoms with Gasteiger partial charge in [-0.3, -0.25) is 4.79 Å². The number of halogens is 2. The van der Waals surface area contributed by atoms with Crippen LogP contribution in [0.4, 0.5) is 10.1 Å². The average molecular weight is 308 g/mol. The van der Waals surface area contributed by atoms with Gasteiger partial charge in [0.25, 0.3) is 5.91 Å². The van der Waals surface area contributed by atoms with Gasteiger partial charge in [0.1, 0.15) is 0 Å². The minimum atomic E-state index is -0.552. The van der Waals surface area contributed by atoms with Crippen LogP contribution in [-0.2, 0) is 0 Å². The van der Waals surface area contributed by atoms with E-state index in [1.807, 2.05) is 22.6 Å². The van der Waals surface area contributed by atoms with Crippen LogP contribution in [0.5, 0.6) is 0 Å². The van der Waals surface area contributed by atoms with Crippen LogP contribution in [0, 0.1) is 9.39 Å². The number of amides is 1. The quantitative estimate of drug-likeness (QED) is 0.634. The number of nitrogens with two attached hydrogens (primary N) is 1. The maximum atomic E-state index is 13.5. The second-order valence-corrected chi connectivity index (χ2v) is 4.19. The molecule has 76 valence electrons. The summed E-state index contributed by atoms with van der Waals surface area (Å²) in [6.45, 7) is 0. The Hall–Kier alpha value is -0.850. The summed E-state index contributed by atoms with van der Waals surface area (Å²) < 4.78 is 13.9. The molecule has 0 aliphatic carbocycles. The summed E-state index contributed by atoms with van der Waals surface area (Å²) in [4.78, 5) is 12.8. The molecule has 0 bridgehead atoms. The van der Waals surface area contributed by atoms with Gasteiger partial charge in [-0.25, -0.2) is 4.39 Å². The predicted octanol–water partition coefficient (Wildman–Crippen LogP) is 1.71. The Morgan fingerprint density at radius 3 is 2.57 bits per heavy atom. The summed E-state index contributed by atoms with van der Waals surface area (Å²) in [5.74, 6) is -0.970. The molecule has 0 spiro atoms. The Bertz CT molecular complexity index is 379. The lowest BCUT2D eigenvalue weighted by atomic mass is 10.1. The molecular weight excluding hydrogens is 298 g/mol. The van der Waals surface area contributed by atoms with Crippen molar-refractivity contribution in [2.75, 3.05) is 19.8 Å². The van der Waals surface area contributed by atoms with Crippen molar-refractivity contribution in [1.82, 2.24) is 4.90 Å². The monoisotopic (exact) mass is 308 g/mol. The fraction of sp³-hybridized carbons (Fsp3) is 0.222. The molecule has 2 N–H and O–H groups in total. The van der Waals surface area contributed by atoms with Crippen LogP contribution in [0.15, 0.2) is 12.1 Å². The van der Waals surface area contributed by atoms with Crippen molar-refractivity contribution in [2.45, 2.75) is 0 Å². The number of nitrogens with zero attached hydrogens (tertiary/aromatic N) is 1. The SMILES string of the molecule is CN(C)C(=O)c1c(N)ccc(I)c1F. The van der Waals surface area contributed by atoms with E-state index in [-0.39, 0.29) is 11.3 Å². The summed E-state index contributed by atoms with van der Waals surface area (Å²) in [6.07, 6.45) is 0. The first-order chi connectivity index (χ1) is 6.45. The van der Waals surface area contributed by atoms with E-state index in [1.54, 1.807) is 14.1 Å². The van der Waals surface area contributed by atoms with E-state index in [2.05, 4.69) is 0 Å². The molecule has 1 rings (SSSR count). The molecule has 0 aliphatic heterocycles. The fourth-order valence-electron chi connectivity index (χ4n) is 1.01. The van der Waals surface area contributed by atoms with Crippen LogP contribution in [0.2, 0.25) is 0 Å². The first-order valence-corrected chi connectivity index (χ1v) is 4.98. The molecule has 0 saturated carbocycles. The molecule has 0 heterocycles. The average Bonchev–Trinajstić information content (AvgIpc) is 2.12. The Kier molecular flexibility index (Phi) is 3.30. The lowest BCUT2D eigenvalue weighted by molar-refractivity contribution is 0.0824. The fourth-order valence-corrected chi connectivity index (χ4v) is 1.46. The number of rotatable bonds is 1. The molecule has 1 aromatic carbocycles. The highest BCUT2D eigenvalue weighted by molar-refractivity contribution is 14.1. The summed E-state index contributed by atoms with van der Waals surface area (Å²) >= 11 is 1.82. The molecule has 0 saturated heterocycles. The van der Waals surface area contributed by atoms with E-state index < -0.39 is 11.7 Å². The van der Waals surface area contributed by atoms with Crippen LogP contribution in [-0.4, -0.2) is 24.9 Å². The van der Waals surface area contributed by atoms with Gasteiger partial charge in [-0.15, -0.1) is 0 Å². The van der Waals surface area contributed by atoms with Crippen LogP contribution < -0.4 is 5.73 Å². The number of anilines is 1. The zero-order valence-corrected chi connectivity index (χ0v) is 10.0. The molecule has 3 nitrogen and oxygen atoms in total. The first kappa shape index (κ1) is 11.2. The van der Waals surface area contributed by atoms with Gasteiger partial charge in [0.2, 0.25) is 0 Å². The Balaban J connectivity index is 3.33. The summed E-state index contributed by atoms with van der Waals surface area (Å²) in [5.41, 5.74) is 5.65. The molecule has 14 heavy (non-hydrogen) atoms. The highest BCUT2D eigenvalue weighted by Crippen LogP contribution is 2.22. The van der Waals surface area contributed by atoms with Gasteiger partial charge >= 0.3 is 0 Å². The second-order valence-electron chi connectivity index (χ2n) is 3.03. The number of carbonyl (C=O) groups is 1. The molecule has 1 amide bonds. The lowest BCUT2D eigenvalue weighted by Gasteiger charge is -2.13. The van der Waals surface area contributed by atoms with Crippen molar-refractivity contribution in [1.29, 1.82) is 0 Å². The minimum absolute atomic E-state index is 0.0538. The topological polar surface area (TPSA) is 46.3 Å². The van der Waals surface area contributed by atoms with E-state index in [1.165, 1.54) is 17.0 Å². The van der Waals surface area contributed by atoms with Crippen LogP contribution >= 0.6 is 22.6 Å². The molecule has 1 aromatic rings. The van der Waals surface area contributed by atoms with E-state index in [4.69, 9.17) is 5.73 Å². The van der Waals surface area contributed by atoms with Gasteiger partial charge in [-0.05, 0) is 34.7 Å². The highest BCUT2D eigenvalue weighted by Gasteiger charge is 2.18. The van der Waals surface area contributed by atoms with E-state index >= 15 is 0 Å². The van der Waals surface area contributed by atoms with Crippen molar-refractivity contribution in [2.24, 2.45) is 0 Å². The maximum absolute atomic E-state index is 13.5. The number of hydrogen-bond acceptors (Lipinski definition) is 2. The molecule has 0 radical (unpaired) electrons. The van der Waals surface area contributed by atoms with Crippen LogP contribution in [0.1, 0.15) is 10.4 Å². The highest BCUT2D eigenvalue weighted by atomic mass is 127. The van der Waals surface area contributed by atoms with Gasteiger partial charge in [-0.2, -0.15) is 0 Å². The number of nitrogen functional groups attached to an aromatic ring is 1. The third kappa shape index (κ3) is 1.97. The van der Waals surface area contributed by atoms with E-state index in [0.717, 1.165) is 0 Å². The lowest BCUT2D eigenvalue weighted by Crippen LogP contribution is -2.24. The third-order valence-corrected chi connectivity index (χ3v) is 2.58. The molecule has 0 aliphatic rings. The van der Waals surface area contributed by atoms with Crippen LogP contribution in [0.25, 0.3) is 0 Å². The van der Waals surface area contributed by atoms with Gasteiger partial charge in [-0.1, -0.05) is 0 Å². The molecular formula is C9H10FIN2O. The minimum Gasteiger partial charge on any atom is -0.398 e. The number of benzene rings is 1. The number of carbonyl (C=O) groups excluding carboxylic acids is 1. The molecule has 5 heteroatoms. The van der Waals surface area contributed by atoms with Gasteiger partial charge < -0.3 is 10.6 Å². The normalized spacial score (nSPS) is 10.0. The van der Waals surface area contributed by atoms with Crippen molar-refractivity contribution >= 4 is 34.2 Å². The second kappa shape index (κ2) is 4.12. The predicted molar refractivity (Wildman–Crippen MR) is 61.5 cm³/mol. The summed E-state index contributed by atoms with van der Waals surface area (Å²) in [5, 5.41) is 0. The third-order valence-electron chi connectivity index (χ3n) is 1.75.